The summed E-state index contributed by atoms with van der Waals surface area (Å²) in [5.74, 6) is -0.0507. The molecule has 168 valence electrons. The van der Waals surface area contributed by atoms with E-state index in [0.717, 1.165) is 11.1 Å². The maximum Gasteiger partial charge on any atom is 0.375 e. The van der Waals surface area contributed by atoms with Crippen LogP contribution in [0.3, 0.4) is 0 Å². The van der Waals surface area contributed by atoms with E-state index < -0.39 is 10.9 Å². The van der Waals surface area contributed by atoms with E-state index >= 15 is 0 Å². The van der Waals surface area contributed by atoms with E-state index in [4.69, 9.17) is 15.2 Å². The highest BCUT2D eigenvalue weighted by Crippen LogP contribution is 2.40. The van der Waals surface area contributed by atoms with Crippen LogP contribution in [0, 0.1) is 10.1 Å². The number of hydrazine groups is 1. The van der Waals surface area contributed by atoms with Crippen molar-refractivity contribution in [2.75, 3.05) is 24.5 Å². The molecule has 0 spiro atoms. The zero-order valence-corrected chi connectivity index (χ0v) is 17.9. The molecule has 10 heteroatoms. The number of fused-ring (bicyclic) bond motifs is 1. The number of benzene rings is 3. The van der Waals surface area contributed by atoms with Gasteiger partial charge < -0.3 is 15.2 Å². The van der Waals surface area contributed by atoms with E-state index in [0.29, 0.717) is 28.5 Å². The van der Waals surface area contributed by atoms with Crippen LogP contribution in [-0.2, 0) is 9.53 Å². The minimum atomic E-state index is -0.609. The number of amidine groups is 1. The molecular weight excluding hydrogens is 426 g/mol. The van der Waals surface area contributed by atoms with Crippen molar-refractivity contribution in [2.45, 2.75) is 6.92 Å². The van der Waals surface area contributed by atoms with Crippen LogP contribution < -0.4 is 20.9 Å². The van der Waals surface area contributed by atoms with Gasteiger partial charge in [-0.15, -0.1) is 0 Å². The molecule has 10 nitrogen and oxygen atoms in total. The number of nitro groups is 1. The summed E-state index contributed by atoms with van der Waals surface area (Å²) in [6.45, 7) is 1.90. The van der Waals surface area contributed by atoms with E-state index in [1.165, 1.54) is 12.1 Å². The summed E-state index contributed by atoms with van der Waals surface area (Å²) in [6.07, 6.45) is 0. The van der Waals surface area contributed by atoms with Crippen LogP contribution in [0.5, 0.6) is 5.75 Å². The molecule has 0 amide bonds. The molecule has 1 aliphatic heterocycles. The fraction of sp³-hybridized carbons (Fsp3) is 0.130. The molecule has 0 saturated heterocycles. The summed E-state index contributed by atoms with van der Waals surface area (Å²) in [5, 5.41) is 12.7. The van der Waals surface area contributed by atoms with Gasteiger partial charge in [0.05, 0.1) is 41.4 Å². The Hall–Kier alpha value is -4.60. The average molecular weight is 447 g/mol. The standard InChI is InChI=1S/C23H21N5O5/c1-3-33-23(29)22-25-19-11-5-14(15-4-10-18(24)21(13-15)32-2)12-20(19)27(26-22)16-6-8-17(9-7-16)28(30)31/h4-13H,3,24H2,1-2H3,(H,25,26). The molecule has 4 rings (SSSR count). The van der Waals surface area contributed by atoms with E-state index in [1.54, 1.807) is 43.3 Å². The summed E-state index contributed by atoms with van der Waals surface area (Å²) in [5.41, 5.74) is 12.9. The van der Waals surface area contributed by atoms with Gasteiger partial charge in [0.15, 0.2) is 0 Å². The van der Waals surface area contributed by atoms with Crippen molar-refractivity contribution >= 4 is 40.2 Å². The number of hydrogen-bond acceptors (Lipinski definition) is 9. The lowest BCUT2D eigenvalue weighted by Crippen LogP contribution is -2.45. The maximum absolute atomic E-state index is 12.4. The van der Waals surface area contributed by atoms with Crippen LogP contribution in [0.25, 0.3) is 11.1 Å². The van der Waals surface area contributed by atoms with Gasteiger partial charge in [-0.05, 0) is 54.4 Å². The van der Waals surface area contributed by atoms with Gasteiger partial charge in [0, 0.05) is 12.1 Å². The minimum Gasteiger partial charge on any atom is -0.495 e. The first kappa shape index (κ1) is 21.6. The Morgan fingerprint density at radius 2 is 1.82 bits per heavy atom. The van der Waals surface area contributed by atoms with Crippen molar-refractivity contribution in [2.24, 2.45) is 4.99 Å². The topological polar surface area (TPSA) is 132 Å². The highest BCUT2D eigenvalue weighted by molar-refractivity contribution is 6.37. The molecule has 0 atom stereocenters. The second-order valence-corrected chi connectivity index (χ2v) is 7.06. The zero-order valence-electron chi connectivity index (χ0n) is 17.9. The monoisotopic (exact) mass is 447 g/mol. The number of methoxy groups -OCH3 is 1. The molecule has 1 heterocycles. The first-order chi connectivity index (χ1) is 15.9. The molecule has 3 N–H and O–H groups in total. The van der Waals surface area contributed by atoms with Crippen LogP contribution >= 0.6 is 0 Å². The molecule has 3 aromatic rings. The molecule has 0 bridgehead atoms. The normalized spacial score (nSPS) is 12.3. The molecule has 0 aromatic heterocycles. The number of nitrogens with zero attached hydrogens (tertiary/aromatic N) is 3. The summed E-state index contributed by atoms with van der Waals surface area (Å²) in [7, 11) is 1.55. The van der Waals surface area contributed by atoms with Crippen molar-refractivity contribution in [3.8, 4) is 16.9 Å². The lowest BCUT2D eigenvalue weighted by molar-refractivity contribution is -0.384. The van der Waals surface area contributed by atoms with Gasteiger partial charge in [-0.2, -0.15) is 0 Å². The molecule has 0 unspecified atom stereocenters. The van der Waals surface area contributed by atoms with Gasteiger partial charge in [-0.1, -0.05) is 12.1 Å². The van der Waals surface area contributed by atoms with Crippen LogP contribution in [0.2, 0.25) is 0 Å². The van der Waals surface area contributed by atoms with Gasteiger partial charge in [0.2, 0.25) is 5.84 Å². The number of carbonyl (C=O) groups is 1. The molecule has 0 radical (unpaired) electrons. The van der Waals surface area contributed by atoms with E-state index in [2.05, 4.69) is 10.4 Å². The van der Waals surface area contributed by atoms with Crippen LogP contribution in [0.15, 0.2) is 65.7 Å². The number of rotatable bonds is 6. The Balaban J connectivity index is 1.81. The largest absolute Gasteiger partial charge is 0.495 e. The number of aliphatic imine (C=N–C) groups is 1. The highest BCUT2D eigenvalue weighted by atomic mass is 16.6. The number of hydrogen-bond donors (Lipinski definition) is 2. The number of non-ortho nitro benzene ring substituents is 1. The number of nitrogens with one attached hydrogen (secondary N) is 1. The summed E-state index contributed by atoms with van der Waals surface area (Å²) in [6, 6.07) is 17.0. The average Bonchev–Trinajstić information content (AvgIpc) is 2.83. The minimum absolute atomic E-state index is 0.00427. The maximum atomic E-state index is 12.4. The predicted octanol–water partition coefficient (Wildman–Crippen LogP) is 4.10. The Labute approximate surface area is 189 Å². The fourth-order valence-corrected chi connectivity index (χ4v) is 3.40. The molecular formula is C23H21N5O5. The molecule has 33 heavy (non-hydrogen) atoms. The Morgan fingerprint density at radius 1 is 1.12 bits per heavy atom. The summed E-state index contributed by atoms with van der Waals surface area (Å²) < 4.78 is 10.4. The highest BCUT2D eigenvalue weighted by Gasteiger charge is 2.26. The zero-order chi connectivity index (χ0) is 23.5. The van der Waals surface area contributed by atoms with Crippen molar-refractivity contribution < 1.29 is 19.2 Å². The first-order valence-corrected chi connectivity index (χ1v) is 10.1. The number of ether oxygens (including phenoxy) is 2. The molecule has 1 aliphatic rings. The number of nitrogens with two attached hydrogens (primary N) is 1. The third-order valence-corrected chi connectivity index (χ3v) is 5.02. The third kappa shape index (κ3) is 4.26. The van der Waals surface area contributed by atoms with Gasteiger partial charge in [-0.25, -0.2) is 9.79 Å². The van der Waals surface area contributed by atoms with Crippen LogP contribution in [0.4, 0.5) is 28.4 Å². The molecule has 0 aliphatic carbocycles. The van der Waals surface area contributed by atoms with E-state index in [1.807, 2.05) is 24.3 Å². The summed E-state index contributed by atoms with van der Waals surface area (Å²) in [4.78, 5) is 27.3. The number of carbonyl (C=O) groups excluding carboxylic acids is 1. The quantitative estimate of drug-likeness (QED) is 0.250. The lowest BCUT2D eigenvalue weighted by atomic mass is 10.0. The summed E-state index contributed by atoms with van der Waals surface area (Å²) >= 11 is 0. The van der Waals surface area contributed by atoms with Crippen molar-refractivity contribution in [1.82, 2.24) is 5.43 Å². The van der Waals surface area contributed by atoms with E-state index in [-0.39, 0.29) is 18.1 Å². The fourth-order valence-electron chi connectivity index (χ4n) is 3.40. The molecule has 0 fully saturated rings. The Bertz CT molecular complexity index is 1260. The van der Waals surface area contributed by atoms with Crippen molar-refractivity contribution in [1.29, 1.82) is 0 Å². The van der Waals surface area contributed by atoms with Crippen LogP contribution in [-0.4, -0.2) is 30.4 Å². The van der Waals surface area contributed by atoms with E-state index in [9.17, 15) is 14.9 Å². The van der Waals surface area contributed by atoms with Gasteiger partial charge in [-0.3, -0.25) is 20.5 Å². The molecule has 3 aromatic carbocycles. The van der Waals surface area contributed by atoms with Crippen molar-refractivity contribution in [3.05, 3.63) is 70.8 Å². The SMILES string of the molecule is CCOC(=O)C1=Nc2ccc(-c3ccc(N)c(OC)c3)cc2N(c2ccc([N+](=O)[O-])cc2)N1. The van der Waals surface area contributed by atoms with Gasteiger partial charge in [0.25, 0.3) is 5.69 Å². The molecule has 0 saturated carbocycles. The smallest absolute Gasteiger partial charge is 0.375 e. The van der Waals surface area contributed by atoms with Crippen molar-refractivity contribution in [3.63, 3.8) is 0 Å². The number of nitro benzene ring substituents is 1. The lowest BCUT2D eigenvalue weighted by Gasteiger charge is -2.31. The van der Waals surface area contributed by atoms with Crippen LogP contribution in [0.1, 0.15) is 6.92 Å². The number of esters is 1. The van der Waals surface area contributed by atoms with Gasteiger partial charge in [0.1, 0.15) is 5.75 Å². The van der Waals surface area contributed by atoms with Gasteiger partial charge >= 0.3 is 5.97 Å². The second-order valence-electron chi connectivity index (χ2n) is 7.06. The Morgan fingerprint density at radius 3 is 2.48 bits per heavy atom. The Kier molecular flexibility index (Phi) is 5.81. The number of anilines is 3. The first-order valence-electron chi connectivity index (χ1n) is 10.1. The number of nitrogen functional groups attached to an aromatic ring is 1. The second kappa shape index (κ2) is 8.87. The third-order valence-electron chi connectivity index (χ3n) is 5.02. The predicted molar refractivity (Wildman–Crippen MR) is 125 cm³/mol.